The first kappa shape index (κ1) is 30.0. The molecule has 1 fully saturated rings. The molecular formula is C26H42O4. The second-order valence-electron chi connectivity index (χ2n) is 6.61. The Labute approximate surface area is 184 Å². The SMILES string of the molecule is C1COCCO1.CC(=O)O.CCCCCCC.Cc1ccccc1.c1ccccc1. The highest BCUT2D eigenvalue weighted by molar-refractivity contribution is 5.62. The van der Waals surface area contributed by atoms with Gasteiger partial charge >= 0.3 is 0 Å². The number of aryl methyl sites for hydroxylation is 1. The van der Waals surface area contributed by atoms with Gasteiger partial charge in [-0.25, -0.2) is 0 Å². The topological polar surface area (TPSA) is 55.8 Å². The minimum atomic E-state index is -0.833. The number of carboxylic acids is 1. The van der Waals surface area contributed by atoms with Gasteiger partial charge in [0.05, 0.1) is 26.4 Å². The van der Waals surface area contributed by atoms with Gasteiger partial charge < -0.3 is 14.6 Å². The fraction of sp³-hybridized carbons (Fsp3) is 0.500. The van der Waals surface area contributed by atoms with Crippen LogP contribution in [-0.4, -0.2) is 37.5 Å². The number of rotatable bonds is 4. The maximum atomic E-state index is 9.00. The molecule has 0 aromatic heterocycles. The van der Waals surface area contributed by atoms with Crippen LogP contribution in [0, 0.1) is 6.92 Å². The standard InChI is InChI=1S/C7H8.C7H16.C6H6.C4H8O2.C2H4O2/c1-7-5-3-2-4-6-7;1-3-5-7-6-4-2;1-2-4-6-5-3-1;1-2-6-4-3-5-1;1-2(3)4/h2-6H,1H3;3-7H2,1-2H3;1-6H;1-4H2;1H3,(H,3,4). The molecule has 0 radical (unpaired) electrons. The van der Waals surface area contributed by atoms with Crippen molar-refractivity contribution in [3.05, 3.63) is 72.3 Å². The van der Waals surface area contributed by atoms with Crippen molar-refractivity contribution in [3.8, 4) is 0 Å². The summed E-state index contributed by atoms with van der Waals surface area (Å²) in [7, 11) is 0. The number of aliphatic carboxylic acids is 1. The molecule has 0 atom stereocenters. The van der Waals surface area contributed by atoms with E-state index in [1.54, 1.807) is 0 Å². The van der Waals surface area contributed by atoms with Gasteiger partial charge in [-0.1, -0.05) is 118 Å². The van der Waals surface area contributed by atoms with Gasteiger partial charge in [0, 0.05) is 6.92 Å². The van der Waals surface area contributed by atoms with Crippen molar-refractivity contribution in [1.29, 1.82) is 0 Å². The van der Waals surface area contributed by atoms with E-state index >= 15 is 0 Å². The second-order valence-corrected chi connectivity index (χ2v) is 6.61. The lowest BCUT2D eigenvalue weighted by Crippen LogP contribution is -2.16. The number of unbranched alkanes of at least 4 members (excludes halogenated alkanes) is 4. The number of hydrogen-bond acceptors (Lipinski definition) is 3. The lowest BCUT2D eigenvalue weighted by molar-refractivity contribution is -0.134. The maximum absolute atomic E-state index is 9.00. The van der Waals surface area contributed by atoms with E-state index < -0.39 is 5.97 Å². The molecule has 0 aliphatic carbocycles. The molecule has 4 nitrogen and oxygen atoms in total. The van der Waals surface area contributed by atoms with Gasteiger partial charge in [-0.15, -0.1) is 0 Å². The molecule has 0 saturated carbocycles. The number of carboxylic acid groups (broad SMARTS) is 1. The molecule has 30 heavy (non-hydrogen) atoms. The van der Waals surface area contributed by atoms with Crippen LogP contribution in [0.5, 0.6) is 0 Å². The van der Waals surface area contributed by atoms with Gasteiger partial charge in [0.2, 0.25) is 0 Å². The predicted molar refractivity (Wildman–Crippen MR) is 127 cm³/mol. The lowest BCUT2D eigenvalue weighted by Gasteiger charge is -2.09. The third kappa shape index (κ3) is 33.4. The van der Waals surface area contributed by atoms with Crippen LogP contribution in [0.15, 0.2) is 66.7 Å². The van der Waals surface area contributed by atoms with Gasteiger partial charge in [-0.3, -0.25) is 4.79 Å². The molecule has 1 heterocycles. The molecule has 1 saturated heterocycles. The average molecular weight is 419 g/mol. The molecule has 1 aliphatic heterocycles. The molecule has 1 aliphatic rings. The highest BCUT2D eigenvalue weighted by Crippen LogP contribution is 2.00. The first-order valence-corrected chi connectivity index (χ1v) is 10.9. The largest absolute Gasteiger partial charge is 0.481 e. The fourth-order valence-electron chi connectivity index (χ4n) is 2.04. The van der Waals surface area contributed by atoms with Gasteiger partial charge in [-0.2, -0.15) is 0 Å². The van der Waals surface area contributed by atoms with Crippen molar-refractivity contribution in [3.63, 3.8) is 0 Å². The van der Waals surface area contributed by atoms with E-state index in [-0.39, 0.29) is 0 Å². The van der Waals surface area contributed by atoms with Crippen LogP contribution < -0.4 is 0 Å². The molecule has 3 rings (SSSR count). The normalized spacial score (nSPS) is 11.5. The lowest BCUT2D eigenvalue weighted by atomic mass is 10.2. The highest BCUT2D eigenvalue weighted by atomic mass is 16.6. The summed E-state index contributed by atoms with van der Waals surface area (Å²) in [6.07, 6.45) is 7.01. The number of benzene rings is 2. The Morgan fingerprint density at radius 1 is 0.733 bits per heavy atom. The predicted octanol–water partition coefficient (Wildman–Crippen LogP) is 6.78. The maximum Gasteiger partial charge on any atom is 0.300 e. The van der Waals surface area contributed by atoms with E-state index in [9.17, 15) is 0 Å². The molecule has 2 aromatic carbocycles. The first-order valence-electron chi connectivity index (χ1n) is 10.9. The zero-order chi connectivity index (χ0) is 22.7. The van der Waals surface area contributed by atoms with Crippen LogP contribution >= 0.6 is 0 Å². The monoisotopic (exact) mass is 418 g/mol. The molecule has 0 spiro atoms. The summed E-state index contributed by atoms with van der Waals surface area (Å²) in [5, 5.41) is 7.42. The third-order valence-electron chi connectivity index (χ3n) is 3.56. The van der Waals surface area contributed by atoms with Crippen molar-refractivity contribution in [1.82, 2.24) is 0 Å². The van der Waals surface area contributed by atoms with Crippen LogP contribution in [0.3, 0.4) is 0 Å². The summed E-state index contributed by atoms with van der Waals surface area (Å²) >= 11 is 0. The fourth-order valence-corrected chi connectivity index (χ4v) is 2.04. The van der Waals surface area contributed by atoms with Crippen molar-refractivity contribution < 1.29 is 19.4 Å². The number of hydrogen-bond donors (Lipinski definition) is 1. The Bertz CT molecular complexity index is 493. The summed E-state index contributed by atoms with van der Waals surface area (Å²) in [5.41, 5.74) is 1.32. The number of ether oxygens (including phenoxy) is 2. The molecule has 1 N–H and O–H groups in total. The van der Waals surface area contributed by atoms with Crippen LogP contribution in [0.25, 0.3) is 0 Å². The van der Waals surface area contributed by atoms with Crippen LogP contribution in [0.2, 0.25) is 0 Å². The summed E-state index contributed by atoms with van der Waals surface area (Å²) in [5.74, 6) is -0.833. The first-order chi connectivity index (χ1) is 14.5. The number of carbonyl (C=O) groups is 1. The Kier molecular flexibility index (Phi) is 26.9. The molecule has 4 heteroatoms. The quantitative estimate of drug-likeness (QED) is 0.556. The summed E-state index contributed by atoms with van der Waals surface area (Å²) in [4.78, 5) is 9.00. The zero-order valence-corrected chi connectivity index (χ0v) is 19.4. The van der Waals surface area contributed by atoms with E-state index in [0.717, 1.165) is 33.4 Å². The average Bonchev–Trinajstić information content (AvgIpc) is 2.78. The Hall–Kier alpha value is -2.17. The van der Waals surface area contributed by atoms with Gasteiger partial charge in [-0.05, 0) is 6.92 Å². The van der Waals surface area contributed by atoms with E-state index in [1.165, 1.54) is 37.7 Å². The molecule has 0 amide bonds. The minimum Gasteiger partial charge on any atom is -0.481 e. The molecule has 170 valence electrons. The zero-order valence-electron chi connectivity index (χ0n) is 19.4. The third-order valence-corrected chi connectivity index (χ3v) is 3.56. The van der Waals surface area contributed by atoms with Crippen LogP contribution in [0.4, 0.5) is 0 Å². The highest BCUT2D eigenvalue weighted by Gasteiger charge is 1.94. The summed E-state index contributed by atoms with van der Waals surface area (Å²) in [6, 6.07) is 22.3. The van der Waals surface area contributed by atoms with Gasteiger partial charge in [0.15, 0.2) is 0 Å². The van der Waals surface area contributed by atoms with E-state index in [1.807, 2.05) is 54.6 Å². The Morgan fingerprint density at radius 2 is 1.03 bits per heavy atom. The van der Waals surface area contributed by atoms with E-state index in [0.29, 0.717) is 0 Å². The minimum absolute atomic E-state index is 0.778. The van der Waals surface area contributed by atoms with Gasteiger partial charge in [0.25, 0.3) is 5.97 Å². The smallest absolute Gasteiger partial charge is 0.300 e. The molecule has 0 bridgehead atoms. The molecule has 2 aromatic rings. The van der Waals surface area contributed by atoms with Crippen molar-refractivity contribution in [2.75, 3.05) is 26.4 Å². The van der Waals surface area contributed by atoms with Crippen molar-refractivity contribution in [2.45, 2.75) is 59.8 Å². The Balaban J connectivity index is 0. The summed E-state index contributed by atoms with van der Waals surface area (Å²) in [6.45, 7) is 10.8. The Morgan fingerprint density at radius 3 is 1.23 bits per heavy atom. The summed E-state index contributed by atoms with van der Waals surface area (Å²) < 4.78 is 9.89. The second kappa shape index (κ2) is 26.8. The molecule has 0 unspecified atom stereocenters. The van der Waals surface area contributed by atoms with Crippen LogP contribution in [0.1, 0.15) is 58.4 Å². The van der Waals surface area contributed by atoms with Crippen LogP contribution in [-0.2, 0) is 14.3 Å². The molecular weight excluding hydrogens is 376 g/mol. The van der Waals surface area contributed by atoms with Crippen molar-refractivity contribution in [2.24, 2.45) is 0 Å². The van der Waals surface area contributed by atoms with Crippen molar-refractivity contribution >= 4 is 5.97 Å². The van der Waals surface area contributed by atoms with Gasteiger partial charge in [0.1, 0.15) is 0 Å². The van der Waals surface area contributed by atoms with E-state index in [2.05, 4.69) is 32.9 Å². The van der Waals surface area contributed by atoms with E-state index in [4.69, 9.17) is 19.4 Å².